The Morgan fingerprint density at radius 1 is 1.19 bits per heavy atom. The molecule has 1 rings (SSSR count). The molecule has 0 radical (unpaired) electrons. The van der Waals surface area contributed by atoms with Crippen LogP contribution < -0.4 is 10.1 Å². The van der Waals surface area contributed by atoms with Crippen molar-refractivity contribution in [2.45, 2.75) is 46.6 Å². The van der Waals surface area contributed by atoms with Gasteiger partial charge in [-0.05, 0) is 63.9 Å². The summed E-state index contributed by atoms with van der Waals surface area (Å²) in [5.41, 5.74) is 1.46. The summed E-state index contributed by atoms with van der Waals surface area (Å²) in [6.45, 7) is 11.1. The second-order valence-corrected chi connectivity index (χ2v) is 5.59. The maximum Gasteiger partial charge on any atom is 0.329 e. The molecule has 0 bridgehead atoms. The molecule has 4 heteroatoms. The number of hydrogen-bond donors (Lipinski definition) is 1. The normalized spacial score (nSPS) is 13.6. The van der Waals surface area contributed by atoms with E-state index in [1.54, 1.807) is 0 Å². The molecule has 0 aliphatic heterocycles. The molecule has 118 valence electrons. The van der Waals surface area contributed by atoms with Crippen molar-refractivity contribution in [3.63, 3.8) is 0 Å². The van der Waals surface area contributed by atoms with Gasteiger partial charge in [-0.25, -0.2) is 4.79 Å². The van der Waals surface area contributed by atoms with Crippen LogP contribution in [0, 0.1) is 13.8 Å². The lowest BCUT2D eigenvalue weighted by Gasteiger charge is -2.28. The minimum absolute atomic E-state index is 0.245. The summed E-state index contributed by atoms with van der Waals surface area (Å²) in [6, 6.07) is 6.03. The van der Waals surface area contributed by atoms with Crippen LogP contribution >= 0.6 is 0 Å². The van der Waals surface area contributed by atoms with Gasteiger partial charge in [0.1, 0.15) is 17.9 Å². The SMILES string of the molecule is CCCNC(C)(COc1cc(C)cc(C)c1)C(=O)OCC. The fourth-order valence-electron chi connectivity index (χ4n) is 2.12. The summed E-state index contributed by atoms with van der Waals surface area (Å²) >= 11 is 0. The van der Waals surface area contributed by atoms with Gasteiger partial charge in [-0.3, -0.25) is 5.32 Å². The van der Waals surface area contributed by atoms with E-state index in [1.165, 1.54) is 0 Å². The van der Waals surface area contributed by atoms with Crippen LogP contribution in [-0.2, 0) is 9.53 Å². The monoisotopic (exact) mass is 293 g/mol. The standard InChI is InChI=1S/C17H27NO3/c1-6-8-18-17(5,16(19)20-7-2)12-21-15-10-13(3)9-14(4)11-15/h9-11,18H,6-8,12H2,1-5H3. The summed E-state index contributed by atoms with van der Waals surface area (Å²) in [5, 5.41) is 3.23. The maximum absolute atomic E-state index is 12.2. The molecule has 1 atom stereocenters. The van der Waals surface area contributed by atoms with Crippen LogP contribution in [0.1, 0.15) is 38.3 Å². The highest BCUT2D eigenvalue weighted by Gasteiger charge is 2.35. The van der Waals surface area contributed by atoms with E-state index in [2.05, 4.69) is 18.3 Å². The number of carbonyl (C=O) groups excluding carboxylic acids is 1. The summed E-state index contributed by atoms with van der Waals surface area (Å²) < 4.78 is 11.0. The minimum atomic E-state index is -0.830. The molecule has 0 fully saturated rings. The first-order valence-electron chi connectivity index (χ1n) is 7.54. The van der Waals surface area contributed by atoms with E-state index in [9.17, 15) is 4.79 Å². The number of esters is 1. The summed E-state index contributed by atoms with van der Waals surface area (Å²) in [5.74, 6) is 0.504. The Kier molecular flexibility index (Phi) is 6.69. The van der Waals surface area contributed by atoms with Gasteiger partial charge in [0.15, 0.2) is 0 Å². The quantitative estimate of drug-likeness (QED) is 0.749. The van der Waals surface area contributed by atoms with E-state index in [1.807, 2.05) is 39.8 Å². The fraction of sp³-hybridized carbons (Fsp3) is 0.588. The van der Waals surface area contributed by atoms with Gasteiger partial charge >= 0.3 is 5.97 Å². The molecule has 0 aromatic heterocycles. The average Bonchev–Trinajstić information content (AvgIpc) is 2.42. The first-order chi connectivity index (χ1) is 9.91. The Hall–Kier alpha value is -1.55. The number of benzene rings is 1. The van der Waals surface area contributed by atoms with Crippen molar-refractivity contribution in [3.05, 3.63) is 29.3 Å². The maximum atomic E-state index is 12.2. The lowest BCUT2D eigenvalue weighted by Crippen LogP contribution is -2.55. The topological polar surface area (TPSA) is 47.6 Å². The molecule has 4 nitrogen and oxygen atoms in total. The number of ether oxygens (including phenoxy) is 2. The molecule has 0 aliphatic carbocycles. The van der Waals surface area contributed by atoms with Crippen LogP contribution in [0.2, 0.25) is 0 Å². The summed E-state index contributed by atoms with van der Waals surface area (Å²) in [7, 11) is 0. The third-order valence-corrected chi connectivity index (χ3v) is 3.21. The van der Waals surface area contributed by atoms with Crippen LogP contribution in [0.4, 0.5) is 0 Å². The van der Waals surface area contributed by atoms with Crippen molar-refractivity contribution in [2.75, 3.05) is 19.8 Å². The highest BCUT2D eigenvalue weighted by Crippen LogP contribution is 2.18. The first-order valence-corrected chi connectivity index (χ1v) is 7.54. The summed E-state index contributed by atoms with van der Waals surface area (Å²) in [4.78, 5) is 12.2. The molecule has 0 amide bonds. The molecular formula is C17H27NO3. The van der Waals surface area contributed by atoms with Gasteiger partial charge in [0.05, 0.1) is 6.61 Å². The molecule has 0 heterocycles. The van der Waals surface area contributed by atoms with Crippen molar-refractivity contribution < 1.29 is 14.3 Å². The van der Waals surface area contributed by atoms with Gasteiger partial charge in [0.2, 0.25) is 0 Å². The Balaban J connectivity index is 2.78. The molecule has 1 aromatic rings. The number of carbonyl (C=O) groups is 1. The molecule has 0 aliphatic rings. The van der Waals surface area contributed by atoms with Crippen molar-refractivity contribution >= 4 is 5.97 Å². The van der Waals surface area contributed by atoms with Crippen molar-refractivity contribution in [1.82, 2.24) is 5.32 Å². The third-order valence-electron chi connectivity index (χ3n) is 3.21. The molecular weight excluding hydrogens is 266 g/mol. The third kappa shape index (κ3) is 5.38. The van der Waals surface area contributed by atoms with Gasteiger partial charge in [-0.2, -0.15) is 0 Å². The molecule has 1 aromatic carbocycles. The molecule has 0 saturated carbocycles. The van der Waals surface area contributed by atoms with E-state index in [0.717, 1.165) is 29.8 Å². The van der Waals surface area contributed by atoms with Crippen molar-refractivity contribution in [3.8, 4) is 5.75 Å². The molecule has 1 unspecified atom stereocenters. The minimum Gasteiger partial charge on any atom is -0.491 e. The largest absolute Gasteiger partial charge is 0.491 e. The lowest BCUT2D eigenvalue weighted by molar-refractivity contribution is -0.151. The Labute approximate surface area is 127 Å². The zero-order valence-corrected chi connectivity index (χ0v) is 13.8. The van der Waals surface area contributed by atoms with Crippen LogP contribution in [-0.4, -0.2) is 31.3 Å². The molecule has 0 saturated heterocycles. The van der Waals surface area contributed by atoms with E-state index >= 15 is 0 Å². The van der Waals surface area contributed by atoms with Crippen molar-refractivity contribution in [2.24, 2.45) is 0 Å². The number of hydrogen-bond acceptors (Lipinski definition) is 4. The molecule has 1 N–H and O–H groups in total. The van der Waals surface area contributed by atoms with Gasteiger partial charge in [0.25, 0.3) is 0 Å². The number of nitrogens with one attached hydrogen (secondary N) is 1. The highest BCUT2D eigenvalue weighted by molar-refractivity contribution is 5.80. The van der Waals surface area contributed by atoms with E-state index in [4.69, 9.17) is 9.47 Å². The van der Waals surface area contributed by atoms with Crippen molar-refractivity contribution in [1.29, 1.82) is 0 Å². The number of rotatable bonds is 8. The average molecular weight is 293 g/mol. The summed E-state index contributed by atoms with van der Waals surface area (Å²) in [6.07, 6.45) is 0.943. The van der Waals surface area contributed by atoms with Crippen LogP contribution in [0.15, 0.2) is 18.2 Å². The number of aryl methyl sites for hydroxylation is 2. The van der Waals surface area contributed by atoms with Gasteiger partial charge in [-0.1, -0.05) is 13.0 Å². The Morgan fingerprint density at radius 3 is 2.33 bits per heavy atom. The van der Waals surface area contributed by atoms with Crippen LogP contribution in [0.5, 0.6) is 5.75 Å². The zero-order valence-electron chi connectivity index (χ0n) is 13.8. The Morgan fingerprint density at radius 2 is 1.81 bits per heavy atom. The van der Waals surface area contributed by atoms with Gasteiger partial charge in [0, 0.05) is 0 Å². The second kappa shape index (κ2) is 8.03. The lowest BCUT2D eigenvalue weighted by atomic mass is 10.0. The van der Waals surface area contributed by atoms with Crippen LogP contribution in [0.3, 0.4) is 0 Å². The molecule has 0 spiro atoms. The van der Waals surface area contributed by atoms with Gasteiger partial charge in [-0.15, -0.1) is 0 Å². The predicted octanol–water partition coefficient (Wildman–Crippen LogP) is 3.00. The van der Waals surface area contributed by atoms with E-state index in [0.29, 0.717) is 6.61 Å². The zero-order chi connectivity index (χ0) is 15.9. The highest BCUT2D eigenvalue weighted by atomic mass is 16.5. The van der Waals surface area contributed by atoms with Gasteiger partial charge < -0.3 is 9.47 Å². The fourth-order valence-corrected chi connectivity index (χ4v) is 2.12. The smallest absolute Gasteiger partial charge is 0.329 e. The second-order valence-electron chi connectivity index (χ2n) is 5.59. The molecule has 21 heavy (non-hydrogen) atoms. The Bertz CT molecular complexity index is 453. The predicted molar refractivity (Wildman–Crippen MR) is 84.7 cm³/mol. The van der Waals surface area contributed by atoms with Crippen LogP contribution in [0.25, 0.3) is 0 Å². The van der Waals surface area contributed by atoms with E-state index in [-0.39, 0.29) is 12.6 Å². The first kappa shape index (κ1) is 17.5. The van der Waals surface area contributed by atoms with E-state index < -0.39 is 5.54 Å².